The van der Waals surface area contributed by atoms with Gasteiger partial charge < -0.3 is 0 Å². The van der Waals surface area contributed by atoms with E-state index in [2.05, 4.69) is 19.9 Å². The van der Waals surface area contributed by atoms with Gasteiger partial charge in [0.1, 0.15) is 5.82 Å². The Morgan fingerprint density at radius 2 is 1.31 bits per heavy atom. The minimum Gasteiger partial charge on any atom is -0.207 e. The van der Waals surface area contributed by atoms with Crippen molar-refractivity contribution in [1.29, 1.82) is 0 Å². The van der Waals surface area contributed by atoms with Crippen molar-refractivity contribution in [2.24, 2.45) is 11.8 Å². The monoisotopic (exact) mass is 484 g/mol. The van der Waals surface area contributed by atoms with Crippen LogP contribution in [0.15, 0.2) is 30.3 Å². The fraction of sp³-hybridized carbons (Fsp3) is 0.625. The lowest BCUT2D eigenvalue weighted by atomic mass is 9.76. The molecule has 0 aliphatic heterocycles. The molecule has 0 unspecified atom stereocenters. The van der Waals surface area contributed by atoms with E-state index < -0.39 is 11.6 Å². The van der Waals surface area contributed by atoms with Gasteiger partial charge in [0.2, 0.25) is 0 Å². The first-order valence-electron chi connectivity index (χ1n) is 14.2. The van der Waals surface area contributed by atoms with E-state index in [1.54, 1.807) is 6.07 Å². The summed E-state index contributed by atoms with van der Waals surface area (Å²) in [5.41, 5.74) is 3.06. The molecule has 2 aromatic rings. The highest BCUT2D eigenvalue weighted by Crippen LogP contribution is 2.40. The number of rotatable bonds is 9. The summed E-state index contributed by atoms with van der Waals surface area (Å²) in [6, 6.07) is 9.51. The van der Waals surface area contributed by atoms with Crippen LogP contribution in [-0.2, 0) is 12.8 Å². The van der Waals surface area contributed by atoms with Crippen LogP contribution in [0.25, 0.3) is 0 Å². The van der Waals surface area contributed by atoms with E-state index in [-0.39, 0.29) is 17.7 Å². The Hall–Kier alpha value is -1.77. The second-order valence-corrected chi connectivity index (χ2v) is 11.3. The number of benzene rings is 2. The first-order valence-corrected chi connectivity index (χ1v) is 14.2. The van der Waals surface area contributed by atoms with Gasteiger partial charge in [0.15, 0.2) is 11.6 Å². The Kier molecular flexibility index (Phi) is 9.36. The molecule has 35 heavy (non-hydrogen) atoms. The van der Waals surface area contributed by atoms with Crippen LogP contribution in [0.2, 0.25) is 0 Å². The summed E-state index contributed by atoms with van der Waals surface area (Å²) >= 11 is 0. The molecule has 0 heterocycles. The molecule has 0 bridgehead atoms. The highest BCUT2D eigenvalue weighted by atomic mass is 19.2. The van der Waals surface area contributed by atoms with Gasteiger partial charge >= 0.3 is 0 Å². The molecular formula is C32H43F3. The Morgan fingerprint density at radius 3 is 1.94 bits per heavy atom. The fourth-order valence-corrected chi connectivity index (χ4v) is 6.55. The van der Waals surface area contributed by atoms with E-state index in [4.69, 9.17) is 0 Å². The van der Waals surface area contributed by atoms with E-state index in [1.807, 2.05) is 18.2 Å². The molecule has 0 N–H and O–H groups in total. The van der Waals surface area contributed by atoms with Crippen molar-refractivity contribution < 1.29 is 13.2 Å². The van der Waals surface area contributed by atoms with Gasteiger partial charge in [-0.1, -0.05) is 51.0 Å². The lowest BCUT2D eigenvalue weighted by molar-refractivity contribution is 0.304. The number of aryl methyl sites for hydroxylation is 2. The molecular weight excluding hydrogens is 441 g/mol. The van der Waals surface area contributed by atoms with E-state index in [0.29, 0.717) is 23.5 Å². The Bertz CT molecular complexity index is 950. The van der Waals surface area contributed by atoms with Crippen LogP contribution in [0.4, 0.5) is 13.2 Å². The van der Waals surface area contributed by atoms with Gasteiger partial charge in [-0.25, -0.2) is 13.2 Å². The largest absolute Gasteiger partial charge is 0.207 e. The molecule has 2 aromatic carbocycles. The molecule has 0 spiro atoms. The molecule has 2 fully saturated rings. The van der Waals surface area contributed by atoms with Crippen LogP contribution in [0.3, 0.4) is 0 Å². The topological polar surface area (TPSA) is 0 Å². The van der Waals surface area contributed by atoms with Crippen molar-refractivity contribution in [3.05, 3.63) is 70.0 Å². The molecule has 2 saturated carbocycles. The minimum atomic E-state index is -0.626. The maximum absolute atomic E-state index is 15.0. The molecule has 2 aliphatic rings. The zero-order valence-electron chi connectivity index (χ0n) is 21.7. The maximum atomic E-state index is 15.0. The quantitative estimate of drug-likeness (QED) is 0.332. The van der Waals surface area contributed by atoms with Crippen LogP contribution in [0, 0.1) is 29.3 Å². The molecule has 2 aliphatic carbocycles. The third-order valence-electron chi connectivity index (χ3n) is 9.05. The molecule has 0 radical (unpaired) electrons. The number of unbranched alkanes of at least 4 members (excludes halogenated alkanes) is 1. The predicted molar refractivity (Wildman–Crippen MR) is 139 cm³/mol. The van der Waals surface area contributed by atoms with E-state index >= 15 is 0 Å². The van der Waals surface area contributed by atoms with E-state index in [1.165, 1.54) is 6.42 Å². The molecule has 3 heteroatoms. The summed E-state index contributed by atoms with van der Waals surface area (Å²) in [4.78, 5) is 0. The lowest BCUT2D eigenvalue weighted by Crippen LogP contribution is -2.16. The maximum Gasteiger partial charge on any atom is 0.162 e. The molecule has 0 nitrogen and oxygen atoms in total. The first-order chi connectivity index (χ1) is 17.0. The van der Waals surface area contributed by atoms with Crippen molar-refractivity contribution in [3.63, 3.8) is 0 Å². The number of hydrogen-bond acceptors (Lipinski definition) is 0. The predicted octanol–water partition coefficient (Wildman–Crippen LogP) is 10.0. The Labute approximate surface area is 210 Å². The SMILES string of the molecule is CCCCc1ccc(C2CCC(CCc3ccc(C4CCC(CC)CC4)c(F)c3F)CC2)c(F)c1. The second-order valence-electron chi connectivity index (χ2n) is 11.3. The van der Waals surface area contributed by atoms with E-state index in [0.717, 1.165) is 94.1 Å². The van der Waals surface area contributed by atoms with Crippen LogP contribution in [-0.4, -0.2) is 0 Å². The van der Waals surface area contributed by atoms with E-state index in [9.17, 15) is 13.2 Å². The summed E-state index contributed by atoms with van der Waals surface area (Å²) < 4.78 is 44.6. The highest BCUT2D eigenvalue weighted by Gasteiger charge is 2.27. The third kappa shape index (κ3) is 6.52. The van der Waals surface area contributed by atoms with Crippen molar-refractivity contribution in [3.8, 4) is 0 Å². The minimum absolute atomic E-state index is 0.0529. The van der Waals surface area contributed by atoms with Gasteiger partial charge in [-0.3, -0.25) is 0 Å². The summed E-state index contributed by atoms with van der Waals surface area (Å²) in [6.07, 6.45) is 14.0. The van der Waals surface area contributed by atoms with Crippen LogP contribution in [0.1, 0.15) is 125 Å². The van der Waals surface area contributed by atoms with Gasteiger partial charge in [0, 0.05) is 0 Å². The summed E-state index contributed by atoms with van der Waals surface area (Å²) in [5, 5.41) is 0. The zero-order chi connectivity index (χ0) is 24.8. The molecule has 0 atom stereocenters. The Morgan fingerprint density at radius 1 is 0.686 bits per heavy atom. The smallest absolute Gasteiger partial charge is 0.162 e. The molecule has 0 amide bonds. The van der Waals surface area contributed by atoms with Crippen LogP contribution < -0.4 is 0 Å². The number of hydrogen-bond donors (Lipinski definition) is 0. The van der Waals surface area contributed by atoms with Gasteiger partial charge in [0.05, 0.1) is 0 Å². The van der Waals surface area contributed by atoms with Gasteiger partial charge in [-0.05, 0) is 129 Å². The average Bonchev–Trinajstić information content (AvgIpc) is 2.89. The molecule has 192 valence electrons. The summed E-state index contributed by atoms with van der Waals surface area (Å²) in [6.45, 7) is 4.37. The van der Waals surface area contributed by atoms with Gasteiger partial charge in [-0.2, -0.15) is 0 Å². The van der Waals surface area contributed by atoms with Gasteiger partial charge in [-0.15, -0.1) is 0 Å². The van der Waals surface area contributed by atoms with Crippen LogP contribution in [0.5, 0.6) is 0 Å². The van der Waals surface area contributed by atoms with Crippen LogP contribution >= 0.6 is 0 Å². The Balaban J connectivity index is 1.28. The van der Waals surface area contributed by atoms with Crippen molar-refractivity contribution in [1.82, 2.24) is 0 Å². The molecule has 0 saturated heterocycles. The first kappa shape index (κ1) is 26.3. The van der Waals surface area contributed by atoms with Crippen molar-refractivity contribution >= 4 is 0 Å². The molecule has 0 aromatic heterocycles. The zero-order valence-corrected chi connectivity index (χ0v) is 21.7. The average molecular weight is 485 g/mol. The standard InChI is InChI=1S/C32H43F3/c1-3-5-6-24-12-19-28(30(33)21-24)25-15-9-23(10-16-25)11-17-27-18-20-29(32(35)31(27)34)26-13-7-22(4-2)8-14-26/h12,18-23,25-26H,3-11,13-17H2,1-2H3. The highest BCUT2D eigenvalue weighted by molar-refractivity contribution is 5.30. The fourth-order valence-electron chi connectivity index (χ4n) is 6.55. The molecule has 4 rings (SSSR count). The normalized spacial score (nSPS) is 25.1. The van der Waals surface area contributed by atoms with Crippen molar-refractivity contribution in [2.45, 2.75) is 116 Å². The summed E-state index contributed by atoms with van der Waals surface area (Å²) in [7, 11) is 0. The van der Waals surface area contributed by atoms with Crippen molar-refractivity contribution in [2.75, 3.05) is 0 Å². The number of halogens is 3. The second kappa shape index (κ2) is 12.5. The summed E-state index contributed by atoms with van der Waals surface area (Å²) in [5.74, 6) is 0.408. The third-order valence-corrected chi connectivity index (χ3v) is 9.05. The lowest BCUT2D eigenvalue weighted by Gasteiger charge is -2.29. The van der Waals surface area contributed by atoms with Gasteiger partial charge in [0.25, 0.3) is 0 Å².